The lowest BCUT2D eigenvalue weighted by atomic mass is 9.94. The van der Waals surface area contributed by atoms with Crippen molar-refractivity contribution in [1.29, 1.82) is 0 Å². The molecule has 1 aliphatic heterocycles. The van der Waals surface area contributed by atoms with Crippen molar-refractivity contribution >= 4 is 17.5 Å². The summed E-state index contributed by atoms with van der Waals surface area (Å²) in [4.78, 5) is 27.4. The van der Waals surface area contributed by atoms with E-state index in [2.05, 4.69) is 5.32 Å². The van der Waals surface area contributed by atoms with Gasteiger partial charge in [0.05, 0.1) is 5.92 Å². The molecule has 2 aromatic carbocycles. The molecule has 0 saturated carbocycles. The molecule has 154 valence electrons. The lowest BCUT2D eigenvalue weighted by Gasteiger charge is -2.34. The minimum absolute atomic E-state index is 0.0456. The van der Waals surface area contributed by atoms with Crippen LogP contribution in [-0.4, -0.2) is 29.8 Å². The Labute approximate surface area is 172 Å². The van der Waals surface area contributed by atoms with Crippen LogP contribution in [0.25, 0.3) is 11.1 Å². The Morgan fingerprint density at radius 1 is 1.10 bits per heavy atom. The number of benzene rings is 2. The van der Waals surface area contributed by atoms with Crippen LogP contribution in [-0.2, 0) is 9.59 Å². The lowest BCUT2D eigenvalue weighted by molar-refractivity contribution is -0.138. The Morgan fingerprint density at radius 2 is 1.83 bits per heavy atom. The van der Waals surface area contributed by atoms with Gasteiger partial charge < -0.3 is 10.2 Å². The van der Waals surface area contributed by atoms with Gasteiger partial charge in [-0.25, -0.2) is 4.39 Å². The Balaban J connectivity index is 1.66. The van der Waals surface area contributed by atoms with E-state index in [-0.39, 0.29) is 29.5 Å². The second-order valence-corrected chi connectivity index (χ2v) is 7.71. The third-order valence-electron chi connectivity index (χ3n) is 5.75. The van der Waals surface area contributed by atoms with E-state index >= 15 is 0 Å². The van der Waals surface area contributed by atoms with E-state index in [0.717, 1.165) is 43.4 Å². The second-order valence-electron chi connectivity index (χ2n) is 7.71. The van der Waals surface area contributed by atoms with Crippen molar-refractivity contribution < 1.29 is 14.0 Å². The monoisotopic (exact) mass is 396 g/mol. The van der Waals surface area contributed by atoms with Crippen molar-refractivity contribution in [2.75, 3.05) is 18.4 Å². The molecule has 0 bridgehead atoms. The average Bonchev–Trinajstić information content (AvgIpc) is 2.75. The third kappa shape index (κ3) is 5.22. The molecule has 29 heavy (non-hydrogen) atoms. The first kappa shape index (κ1) is 21.0. The minimum atomic E-state index is -0.275. The van der Waals surface area contributed by atoms with E-state index in [1.54, 1.807) is 12.1 Å². The molecule has 0 aliphatic carbocycles. The smallest absolute Gasteiger partial charge is 0.229 e. The van der Waals surface area contributed by atoms with Gasteiger partial charge in [0.15, 0.2) is 0 Å². The Hall–Kier alpha value is -2.69. The van der Waals surface area contributed by atoms with Crippen molar-refractivity contribution in [1.82, 2.24) is 4.90 Å². The molecule has 1 heterocycles. The second kappa shape index (κ2) is 9.68. The first-order valence-corrected chi connectivity index (χ1v) is 10.5. The largest absolute Gasteiger partial charge is 0.342 e. The van der Waals surface area contributed by atoms with E-state index in [0.29, 0.717) is 12.2 Å². The molecule has 1 aliphatic rings. The van der Waals surface area contributed by atoms with Crippen molar-refractivity contribution in [3.05, 3.63) is 54.3 Å². The lowest BCUT2D eigenvalue weighted by Crippen LogP contribution is -2.45. The molecule has 0 aromatic heterocycles. The molecule has 0 spiro atoms. The first-order chi connectivity index (χ1) is 14.0. The maximum atomic E-state index is 13.2. The van der Waals surface area contributed by atoms with Gasteiger partial charge in [-0.05, 0) is 61.1 Å². The third-order valence-corrected chi connectivity index (χ3v) is 5.75. The van der Waals surface area contributed by atoms with Crippen molar-refractivity contribution in [2.24, 2.45) is 11.8 Å². The number of halogens is 1. The highest BCUT2D eigenvalue weighted by Crippen LogP contribution is 2.25. The minimum Gasteiger partial charge on any atom is -0.342 e. The van der Waals surface area contributed by atoms with Gasteiger partial charge in [-0.3, -0.25) is 9.59 Å². The van der Waals surface area contributed by atoms with E-state index in [9.17, 15) is 14.0 Å². The van der Waals surface area contributed by atoms with Crippen LogP contribution in [0.2, 0.25) is 0 Å². The number of likely N-dealkylation sites (tertiary alicyclic amines) is 1. The summed E-state index contributed by atoms with van der Waals surface area (Å²) in [5.41, 5.74) is 2.51. The number of nitrogens with one attached hydrogen (secondary N) is 1. The van der Waals surface area contributed by atoms with Crippen molar-refractivity contribution in [3.8, 4) is 11.1 Å². The van der Waals surface area contributed by atoms with Gasteiger partial charge in [0, 0.05) is 24.7 Å². The summed E-state index contributed by atoms with van der Waals surface area (Å²) in [6, 6.07) is 13.8. The highest BCUT2D eigenvalue weighted by Gasteiger charge is 2.30. The normalized spacial score (nSPS) is 16.7. The van der Waals surface area contributed by atoms with E-state index in [4.69, 9.17) is 0 Å². The summed E-state index contributed by atoms with van der Waals surface area (Å²) in [6.07, 6.45) is 3.30. The number of hydrogen-bond donors (Lipinski definition) is 1. The molecule has 3 rings (SSSR count). The fourth-order valence-electron chi connectivity index (χ4n) is 3.95. The number of anilines is 1. The van der Waals surface area contributed by atoms with Gasteiger partial charge >= 0.3 is 0 Å². The van der Waals surface area contributed by atoms with Gasteiger partial charge in [0.2, 0.25) is 11.8 Å². The Bertz CT molecular complexity index is 846. The number of nitrogens with zero attached hydrogens (tertiary/aromatic N) is 1. The summed E-state index contributed by atoms with van der Waals surface area (Å²) < 4.78 is 13.2. The number of amides is 2. The predicted molar refractivity (Wildman–Crippen MR) is 114 cm³/mol. The molecule has 5 heteroatoms. The van der Waals surface area contributed by atoms with Crippen LogP contribution in [0, 0.1) is 17.7 Å². The molecule has 1 N–H and O–H groups in total. The summed E-state index contributed by atoms with van der Waals surface area (Å²) in [5, 5.41) is 3.00. The Kier molecular flexibility index (Phi) is 7.02. The fourth-order valence-corrected chi connectivity index (χ4v) is 3.95. The summed E-state index contributed by atoms with van der Waals surface area (Å²) in [6.45, 7) is 5.29. The summed E-state index contributed by atoms with van der Waals surface area (Å²) in [5.74, 6) is -0.308. The zero-order chi connectivity index (χ0) is 20.8. The van der Waals surface area contributed by atoms with Gasteiger partial charge in [-0.2, -0.15) is 0 Å². The summed E-state index contributed by atoms with van der Waals surface area (Å²) >= 11 is 0. The molecule has 2 aromatic rings. The standard InChI is InChI=1S/C24H29FN2O2/c1-3-17(4-2)24(29)27-14-6-8-20(16-27)23(28)26-22-9-5-7-19(15-22)18-10-12-21(25)13-11-18/h5,7,9-13,15,17,20H,3-4,6,8,14,16H2,1-2H3,(H,26,28)/t20-/m1/s1. The molecule has 1 fully saturated rings. The van der Waals surface area contributed by atoms with Crippen LogP contribution in [0.5, 0.6) is 0 Å². The quantitative estimate of drug-likeness (QED) is 0.738. The van der Waals surface area contributed by atoms with Crippen LogP contribution in [0.4, 0.5) is 10.1 Å². The highest BCUT2D eigenvalue weighted by molar-refractivity contribution is 5.94. The molecular formula is C24H29FN2O2. The van der Waals surface area contributed by atoms with Crippen LogP contribution < -0.4 is 5.32 Å². The number of rotatable bonds is 6. The zero-order valence-electron chi connectivity index (χ0n) is 17.2. The van der Waals surface area contributed by atoms with Crippen LogP contribution >= 0.6 is 0 Å². The maximum absolute atomic E-state index is 13.2. The number of piperidine rings is 1. The fraction of sp³-hybridized carbons (Fsp3) is 0.417. The van der Waals surface area contributed by atoms with Gasteiger partial charge in [0.25, 0.3) is 0 Å². The number of hydrogen-bond acceptors (Lipinski definition) is 2. The topological polar surface area (TPSA) is 49.4 Å². The molecule has 0 unspecified atom stereocenters. The molecule has 1 saturated heterocycles. The van der Waals surface area contributed by atoms with Crippen LogP contribution in [0.3, 0.4) is 0 Å². The van der Waals surface area contributed by atoms with Crippen molar-refractivity contribution in [3.63, 3.8) is 0 Å². The zero-order valence-corrected chi connectivity index (χ0v) is 17.2. The first-order valence-electron chi connectivity index (χ1n) is 10.5. The molecular weight excluding hydrogens is 367 g/mol. The van der Waals surface area contributed by atoms with Crippen molar-refractivity contribution in [2.45, 2.75) is 39.5 Å². The van der Waals surface area contributed by atoms with E-state index in [1.807, 2.05) is 43.0 Å². The molecule has 0 radical (unpaired) electrons. The van der Waals surface area contributed by atoms with Crippen LogP contribution in [0.15, 0.2) is 48.5 Å². The number of carbonyl (C=O) groups excluding carboxylic acids is 2. The Morgan fingerprint density at radius 3 is 2.52 bits per heavy atom. The van der Waals surface area contributed by atoms with Gasteiger partial charge in [-0.15, -0.1) is 0 Å². The van der Waals surface area contributed by atoms with Crippen LogP contribution in [0.1, 0.15) is 39.5 Å². The van der Waals surface area contributed by atoms with Gasteiger partial charge in [0.1, 0.15) is 5.82 Å². The van der Waals surface area contributed by atoms with Gasteiger partial charge in [-0.1, -0.05) is 38.1 Å². The highest BCUT2D eigenvalue weighted by atomic mass is 19.1. The van der Waals surface area contributed by atoms with E-state index < -0.39 is 0 Å². The maximum Gasteiger partial charge on any atom is 0.229 e. The number of carbonyl (C=O) groups is 2. The summed E-state index contributed by atoms with van der Waals surface area (Å²) in [7, 11) is 0. The predicted octanol–water partition coefficient (Wildman–Crippen LogP) is 5.11. The molecule has 2 amide bonds. The SMILES string of the molecule is CCC(CC)C(=O)N1CCC[C@@H](C(=O)Nc2cccc(-c3ccc(F)cc3)c2)C1. The molecule has 1 atom stereocenters. The van der Waals surface area contributed by atoms with E-state index in [1.165, 1.54) is 12.1 Å². The molecule has 4 nitrogen and oxygen atoms in total. The average molecular weight is 397 g/mol.